The van der Waals surface area contributed by atoms with Crippen LogP contribution < -0.4 is 14.8 Å². The molecule has 0 aliphatic carbocycles. The molecule has 1 atom stereocenters. The standard InChI is InChI=1S/C27H32N2O3/c1-5-21-16-23(11-13-24(21)22-12-14-25(31-3)26(17-22)32-4)27(30)29-19(2)8-6-9-20-10-7-15-28-18-20/h7,10-19H,5-6,8-9H2,1-4H3,(H,29,30). The number of carbonyl (C=O) groups is 1. The van der Waals surface area contributed by atoms with Crippen LogP contribution in [0, 0.1) is 0 Å². The highest BCUT2D eigenvalue weighted by Crippen LogP contribution is 2.34. The zero-order valence-electron chi connectivity index (χ0n) is 19.4. The lowest BCUT2D eigenvalue weighted by Gasteiger charge is -2.16. The highest BCUT2D eigenvalue weighted by molar-refractivity contribution is 5.95. The number of aromatic nitrogens is 1. The number of hydrogen-bond acceptors (Lipinski definition) is 4. The molecule has 2 aromatic carbocycles. The van der Waals surface area contributed by atoms with E-state index in [1.165, 1.54) is 5.56 Å². The van der Waals surface area contributed by atoms with Crippen molar-refractivity contribution in [3.8, 4) is 22.6 Å². The molecule has 0 radical (unpaired) electrons. The van der Waals surface area contributed by atoms with Crippen LogP contribution >= 0.6 is 0 Å². The molecule has 3 rings (SSSR count). The van der Waals surface area contributed by atoms with Crippen molar-refractivity contribution in [1.29, 1.82) is 0 Å². The second-order valence-corrected chi connectivity index (χ2v) is 7.92. The van der Waals surface area contributed by atoms with Crippen LogP contribution in [-0.2, 0) is 12.8 Å². The number of rotatable bonds is 10. The lowest BCUT2D eigenvalue weighted by Crippen LogP contribution is -2.32. The summed E-state index contributed by atoms with van der Waals surface area (Å²) in [6, 6.07) is 15.9. The van der Waals surface area contributed by atoms with Gasteiger partial charge in [-0.05, 0) is 85.2 Å². The van der Waals surface area contributed by atoms with Gasteiger partial charge >= 0.3 is 0 Å². The first-order valence-corrected chi connectivity index (χ1v) is 11.1. The fourth-order valence-corrected chi connectivity index (χ4v) is 3.85. The van der Waals surface area contributed by atoms with Gasteiger partial charge < -0.3 is 14.8 Å². The van der Waals surface area contributed by atoms with E-state index in [0.29, 0.717) is 17.1 Å². The van der Waals surface area contributed by atoms with Gasteiger partial charge in [0.15, 0.2) is 11.5 Å². The SMILES string of the molecule is CCc1cc(C(=O)NC(C)CCCc2cccnc2)ccc1-c1ccc(OC)c(OC)c1. The molecule has 5 heteroatoms. The van der Waals surface area contributed by atoms with E-state index >= 15 is 0 Å². The Morgan fingerprint density at radius 3 is 2.56 bits per heavy atom. The number of ether oxygens (including phenoxy) is 2. The molecular weight excluding hydrogens is 400 g/mol. The minimum absolute atomic E-state index is 0.0348. The van der Waals surface area contributed by atoms with Crippen LogP contribution in [0.15, 0.2) is 60.9 Å². The molecule has 0 saturated heterocycles. The lowest BCUT2D eigenvalue weighted by molar-refractivity contribution is 0.0938. The third-order valence-corrected chi connectivity index (χ3v) is 5.65. The Morgan fingerprint density at radius 1 is 1.06 bits per heavy atom. The first-order chi connectivity index (χ1) is 15.5. The number of benzene rings is 2. The minimum Gasteiger partial charge on any atom is -0.493 e. The van der Waals surface area contributed by atoms with Crippen LogP contribution in [0.5, 0.6) is 11.5 Å². The average molecular weight is 433 g/mol. The zero-order chi connectivity index (χ0) is 22.9. The first kappa shape index (κ1) is 23.3. The van der Waals surface area contributed by atoms with E-state index in [-0.39, 0.29) is 11.9 Å². The summed E-state index contributed by atoms with van der Waals surface area (Å²) in [4.78, 5) is 17.0. The van der Waals surface area contributed by atoms with Crippen molar-refractivity contribution >= 4 is 5.91 Å². The lowest BCUT2D eigenvalue weighted by atomic mass is 9.95. The van der Waals surface area contributed by atoms with E-state index in [0.717, 1.165) is 42.4 Å². The normalized spacial score (nSPS) is 11.6. The van der Waals surface area contributed by atoms with Crippen molar-refractivity contribution in [2.45, 2.75) is 45.6 Å². The predicted molar refractivity (Wildman–Crippen MR) is 128 cm³/mol. The smallest absolute Gasteiger partial charge is 0.251 e. The minimum atomic E-state index is -0.0348. The summed E-state index contributed by atoms with van der Waals surface area (Å²) < 4.78 is 10.8. The fourth-order valence-electron chi connectivity index (χ4n) is 3.85. The number of hydrogen-bond donors (Lipinski definition) is 1. The molecule has 32 heavy (non-hydrogen) atoms. The van der Waals surface area contributed by atoms with Gasteiger partial charge in [0.05, 0.1) is 14.2 Å². The average Bonchev–Trinajstić information content (AvgIpc) is 2.83. The van der Waals surface area contributed by atoms with Crippen molar-refractivity contribution in [2.24, 2.45) is 0 Å². The molecule has 0 spiro atoms. The van der Waals surface area contributed by atoms with Crippen molar-refractivity contribution in [2.75, 3.05) is 14.2 Å². The van der Waals surface area contributed by atoms with Crippen molar-refractivity contribution in [3.63, 3.8) is 0 Å². The van der Waals surface area contributed by atoms with Crippen LogP contribution in [0.4, 0.5) is 0 Å². The number of nitrogens with one attached hydrogen (secondary N) is 1. The van der Waals surface area contributed by atoms with Gasteiger partial charge in [0.1, 0.15) is 0 Å². The Hall–Kier alpha value is -3.34. The van der Waals surface area contributed by atoms with Gasteiger partial charge in [-0.25, -0.2) is 0 Å². The van der Waals surface area contributed by atoms with E-state index in [4.69, 9.17) is 9.47 Å². The maximum absolute atomic E-state index is 12.8. The molecule has 1 unspecified atom stereocenters. The molecule has 0 fully saturated rings. The van der Waals surface area contributed by atoms with Crippen LogP contribution in [0.2, 0.25) is 0 Å². The van der Waals surface area contributed by atoms with E-state index < -0.39 is 0 Å². The van der Waals surface area contributed by atoms with E-state index in [1.54, 1.807) is 20.4 Å². The molecule has 1 N–H and O–H groups in total. The highest BCUT2D eigenvalue weighted by atomic mass is 16.5. The predicted octanol–water partition coefficient (Wildman–Crippen LogP) is 5.47. The van der Waals surface area contributed by atoms with Gasteiger partial charge in [-0.1, -0.05) is 25.1 Å². The number of nitrogens with zero attached hydrogens (tertiary/aromatic N) is 1. The second kappa shape index (κ2) is 11.3. The van der Waals surface area contributed by atoms with E-state index in [2.05, 4.69) is 30.2 Å². The monoisotopic (exact) mass is 432 g/mol. The molecular formula is C27H32N2O3. The fraction of sp³-hybridized carbons (Fsp3) is 0.333. The maximum atomic E-state index is 12.8. The van der Waals surface area contributed by atoms with Gasteiger partial charge in [-0.3, -0.25) is 9.78 Å². The molecule has 0 aliphatic heterocycles. The number of carbonyl (C=O) groups excluding carboxylic acids is 1. The molecule has 1 aromatic heterocycles. The molecule has 168 valence electrons. The van der Waals surface area contributed by atoms with E-state index in [1.807, 2.05) is 48.7 Å². The molecule has 0 saturated carbocycles. The van der Waals surface area contributed by atoms with Gasteiger partial charge in [0.2, 0.25) is 0 Å². The van der Waals surface area contributed by atoms with Crippen LogP contribution in [0.1, 0.15) is 48.2 Å². The Kier molecular flexibility index (Phi) is 8.26. The van der Waals surface area contributed by atoms with Crippen LogP contribution in [0.3, 0.4) is 0 Å². The van der Waals surface area contributed by atoms with Crippen molar-refractivity contribution < 1.29 is 14.3 Å². The molecule has 0 bridgehead atoms. The van der Waals surface area contributed by atoms with Gasteiger partial charge in [0, 0.05) is 24.0 Å². The largest absolute Gasteiger partial charge is 0.493 e. The Balaban J connectivity index is 1.66. The highest BCUT2D eigenvalue weighted by Gasteiger charge is 2.14. The van der Waals surface area contributed by atoms with E-state index in [9.17, 15) is 4.79 Å². The first-order valence-electron chi connectivity index (χ1n) is 11.1. The third kappa shape index (κ3) is 5.88. The van der Waals surface area contributed by atoms with Crippen LogP contribution in [-0.4, -0.2) is 31.2 Å². The molecule has 1 amide bonds. The summed E-state index contributed by atoms with van der Waals surface area (Å²) in [7, 11) is 3.26. The number of amides is 1. The summed E-state index contributed by atoms with van der Waals surface area (Å²) >= 11 is 0. The molecule has 0 aliphatic rings. The third-order valence-electron chi connectivity index (χ3n) is 5.65. The van der Waals surface area contributed by atoms with Crippen LogP contribution in [0.25, 0.3) is 11.1 Å². The second-order valence-electron chi connectivity index (χ2n) is 7.92. The topological polar surface area (TPSA) is 60.5 Å². The summed E-state index contributed by atoms with van der Waals surface area (Å²) in [5, 5.41) is 3.14. The molecule has 5 nitrogen and oxygen atoms in total. The summed E-state index contributed by atoms with van der Waals surface area (Å²) in [6.07, 6.45) is 7.40. The summed E-state index contributed by atoms with van der Waals surface area (Å²) in [5.74, 6) is 1.35. The molecule has 1 heterocycles. The summed E-state index contributed by atoms with van der Waals surface area (Å²) in [5.41, 5.74) is 5.16. The Bertz CT molecular complexity index is 1030. The van der Waals surface area contributed by atoms with Gasteiger partial charge in [0.25, 0.3) is 5.91 Å². The van der Waals surface area contributed by atoms with Crippen molar-refractivity contribution in [1.82, 2.24) is 10.3 Å². The maximum Gasteiger partial charge on any atom is 0.251 e. The zero-order valence-corrected chi connectivity index (χ0v) is 19.4. The number of pyridine rings is 1. The number of methoxy groups -OCH3 is 2. The van der Waals surface area contributed by atoms with Crippen molar-refractivity contribution in [3.05, 3.63) is 77.6 Å². The quantitative estimate of drug-likeness (QED) is 0.461. The number of aryl methyl sites for hydroxylation is 2. The Morgan fingerprint density at radius 2 is 1.88 bits per heavy atom. The molecule has 3 aromatic rings. The Labute approximate surface area is 190 Å². The summed E-state index contributed by atoms with van der Waals surface area (Å²) in [6.45, 7) is 4.15. The van der Waals surface area contributed by atoms with Gasteiger partial charge in [-0.2, -0.15) is 0 Å². The van der Waals surface area contributed by atoms with Gasteiger partial charge in [-0.15, -0.1) is 0 Å².